The Hall–Kier alpha value is -2.63. The molecule has 5 nitrogen and oxygen atoms in total. The summed E-state index contributed by atoms with van der Waals surface area (Å²) >= 11 is 0. The van der Waals surface area contributed by atoms with E-state index in [0.717, 1.165) is 6.07 Å². The first-order valence-corrected chi connectivity index (χ1v) is 5.78. The first-order valence-electron chi connectivity index (χ1n) is 5.78. The summed E-state index contributed by atoms with van der Waals surface area (Å²) in [4.78, 5) is 22.6. The molecule has 0 aliphatic carbocycles. The summed E-state index contributed by atoms with van der Waals surface area (Å²) < 4.78 is 19.6. The number of halogens is 1. The first kappa shape index (κ1) is 13.8. The second kappa shape index (κ2) is 5.56. The monoisotopic (exact) mass is 277 g/mol. The SMILES string of the molecule is Cn1cc(OCc2cccc(F)c2)c(=O)cc1C(=O)O. The molecule has 0 saturated carbocycles. The second-order valence-electron chi connectivity index (χ2n) is 4.22. The highest BCUT2D eigenvalue weighted by Gasteiger charge is 2.11. The molecule has 6 heteroatoms. The Balaban J connectivity index is 2.20. The molecule has 2 rings (SSSR count). The summed E-state index contributed by atoms with van der Waals surface area (Å²) in [6, 6.07) is 6.81. The van der Waals surface area contributed by atoms with E-state index in [-0.39, 0.29) is 23.9 Å². The van der Waals surface area contributed by atoms with Crippen molar-refractivity contribution in [1.82, 2.24) is 4.57 Å². The molecule has 20 heavy (non-hydrogen) atoms. The van der Waals surface area contributed by atoms with E-state index in [4.69, 9.17) is 9.84 Å². The zero-order valence-corrected chi connectivity index (χ0v) is 10.7. The zero-order valence-electron chi connectivity index (χ0n) is 10.7. The normalized spacial score (nSPS) is 10.3. The Bertz CT molecular complexity index is 709. The molecule has 0 aliphatic rings. The van der Waals surface area contributed by atoms with Crippen molar-refractivity contribution in [2.45, 2.75) is 6.61 Å². The molecular formula is C14H12FNO4. The van der Waals surface area contributed by atoms with Crippen molar-refractivity contribution in [2.24, 2.45) is 7.05 Å². The van der Waals surface area contributed by atoms with Gasteiger partial charge in [-0.25, -0.2) is 9.18 Å². The van der Waals surface area contributed by atoms with E-state index < -0.39 is 11.4 Å². The Kier molecular flexibility index (Phi) is 3.84. The molecule has 0 unspecified atom stereocenters. The number of benzene rings is 1. The molecule has 1 aromatic carbocycles. The van der Waals surface area contributed by atoms with Crippen molar-refractivity contribution in [3.8, 4) is 5.75 Å². The van der Waals surface area contributed by atoms with Crippen LogP contribution in [0.3, 0.4) is 0 Å². The number of carboxylic acids is 1. The van der Waals surface area contributed by atoms with Crippen molar-refractivity contribution in [3.63, 3.8) is 0 Å². The lowest BCUT2D eigenvalue weighted by atomic mass is 10.2. The van der Waals surface area contributed by atoms with Gasteiger partial charge in [-0.2, -0.15) is 0 Å². The Labute approximate surface area is 113 Å². The lowest BCUT2D eigenvalue weighted by molar-refractivity contribution is 0.0685. The van der Waals surface area contributed by atoms with Crippen LogP contribution >= 0.6 is 0 Å². The van der Waals surface area contributed by atoms with E-state index in [2.05, 4.69) is 0 Å². The predicted molar refractivity (Wildman–Crippen MR) is 69.4 cm³/mol. The molecule has 0 atom stereocenters. The average molecular weight is 277 g/mol. The molecule has 0 fully saturated rings. The fourth-order valence-corrected chi connectivity index (χ4v) is 1.71. The van der Waals surface area contributed by atoms with Crippen LogP contribution in [0.4, 0.5) is 4.39 Å². The number of carbonyl (C=O) groups is 1. The minimum absolute atomic E-state index is 0.0155. The zero-order chi connectivity index (χ0) is 14.7. The molecule has 1 heterocycles. The molecule has 0 saturated heterocycles. The summed E-state index contributed by atoms with van der Waals surface area (Å²) in [7, 11) is 1.50. The molecule has 0 spiro atoms. The summed E-state index contributed by atoms with van der Waals surface area (Å²) in [6.45, 7) is 0.0272. The third-order valence-electron chi connectivity index (χ3n) is 2.70. The first-order chi connectivity index (χ1) is 9.47. The highest BCUT2D eigenvalue weighted by molar-refractivity contribution is 5.85. The fraction of sp³-hybridized carbons (Fsp3) is 0.143. The maximum absolute atomic E-state index is 13.0. The van der Waals surface area contributed by atoms with Crippen molar-refractivity contribution < 1.29 is 19.0 Å². The van der Waals surface area contributed by atoms with Gasteiger partial charge < -0.3 is 14.4 Å². The third-order valence-corrected chi connectivity index (χ3v) is 2.70. The van der Waals surface area contributed by atoms with Crippen LogP contribution < -0.4 is 10.2 Å². The van der Waals surface area contributed by atoms with Crippen LogP contribution in [0.5, 0.6) is 5.75 Å². The fourth-order valence-electron chi connectivity index (χ4n) is 1.71. The molecule has 1 N–H and O–H groups in total. The van der Waals surface area contributed by atoms with E-state index in [1.807, 2.05) is 0 Å². The third kappa shape index (κ3) is 3.03. The quantitative estimate of drug-likeness (QED) is 0.925. The molecule has 0 aliphatic heterocycles. The number of aryl methyl sites for hydroxylation is 1. The van der Waals surface area contributed by atoms with Gasteiger partial charge in [-0.3, -0.25) is 4.79 Å². The lowest BCUT2D eigenvalue weighted by Gasteiger charge is -2.09. The van der Waals surface area contributed by atoms with Crippen molar-refractivity contribution in [3.05, 3.63) is 63.8 Å². The number of rotatable bonds is 4. The van der Waals surface area contributed by atoms with Gasteiger partial charge in [-0.1, -0.05) is 12.1 Å². The Morgan fingerprint density at radius 3 is 2.80 bits per heavy atom. The number of aromatic nitrogens is 1. The average Bonchev–Trinajstić information content (AvgIpc) is 2.39. The van der Waals surface area contributed by atoms with Crippen molar-refractivity contribution in [1.29, 1.82) is 0 Å². The van der Waals surface area contributed by atoms with Gasteiger partial charge >= 0.3 is 5.97 Å². The van der Waals surface area contributed by atoms with Crippen LogP contribution in [0.2, 0.25) is 0 Å². The van der Waals surface area contributed by atoms with E-state index >= 15 is 0 Å². The number of pyridine rings is 1. The van der Waals surface area contributed by atoms with E-state index in [0.29, 0.717) is 5.56 Å². The van der Waals surface area contributed by atoms with Gasteiger partial charge in [0, 0.05) is 13.1 Å². The van der Waals surface area contributed by atoms with Crippen LogP contribution in [-0.2, 0) is 13.7 Å². The number of hydrogen-bond acceptors (Lipinski definition) is 3. The van der Waals surface area contributed by atoms with Gasteiger partial charge in [0.15, 0.2) is 5.75 Å². The molecule has 0 amide bonds. The summed E-state index contributed by atoms with van der Waals surface area (Å²) in [5.74, 6) is -1.57. The highest BCUT2D eigenvalue weighted by atomic mass is 19.1. The molecule has 0 radical (unpaired) electrons. The van der Waals surface area contributed by atoms with Crippen molar-refractivity contribution >= 4 is 5.97 Å². The Morgan fingerprint density at radius 2 is 2.15 bits per heavy atom. The molecule has 2 aromatic rings. The molecule has 1 aromatic heterocycles. The van der Waals surface area contributed by atoms with Gasteiger partial charge in [0.2, 0.25) is 5.43 Å². The predicted octanol–water partition coefficient (Wildman–Crippen LogP) is 1.80. The van der Waals surface area contributed by atoms with Crippen LogP contribution in [0.15, 0.2) is 41.3 Å². The summed E-state index contributed by atoms with van der Waals surface area (Å²) in [5, 5.41) is 8.88. The minimum atomic E-state index is -1.19. The summed E-state index contributed by atoms with van der Waals surface area (Å²) in [6.07, 6.45) is 1.30. The Morgan fingerprint density at radius 1 is 1.40 bits per heavy atom. The molecule has 0 bridgehead atoms. The number of hydrogen-bond donors (Lipinski definition) is 1. The number of ether oxygens (including phenoxy) is 1. The van der Waals surface area contributed by atoms with E-state index in [1.54, 1.807) is 12.1 Å². The number of nitrogens with zero attached hydrogens (tertiary/aromatic N) is 1. The topological polar surface area (TPSA) is 68.5 Å². The maximum Gasteiger partial charge on any atom is 0.352 e. The van der Waals surface area contributed by atoms with Crippen molar-refractivity contribution in [2.75, 3.05) is 0 Å². The molecule has 104 valence electrons. The maximum atomic E-state index is 13.0. The van der Waals surface area contributed by atoms with Gasteiger partial charge in [0.05, 0.1) is 6.20 Å². The number of carboxylic acid groups (broad SMARTS) is 1. The van der Waals surface area contributed by atoms with Gasteiger partial charge in [0.25, 0.3) is 0 Å². The minimum Gasteiger partial charge on any atom is -0.483 e. The van der Waals surface area contributed by atoms with Crippen LogP contribution in [0.1, 0.15) is 16.1 Å². The highest BCUT2D eigenvalue weighted by Crippen LogP contribution is 2.10. The van der Waals surface area contributed by atoms with Crippen LogP contribution in [0, 0.1) is 5.82 Å². The second-order valence-corrected chi connectivity index (χ2v) is 4.22. The van der Waals surface area contributed by atoms with Gasteiger partial charge in [-0.05, 0) is 17.7 Å². The van der Waals surface area contributed by atoms with Crippen LogP contribution in [0.25, 0.3) is 0 Å². The summed E-state index contributed by atoms with van der Waals surface area (Å²) in [5.41, 5.74) is -0.0839. The van der Waals surface area contributed by atoms with Crippen LogP contribution in [-0.4, -0.2) is 15.6 Å². The van der Waals surface area contributed by atoms with Gasteiger partial charge in [-0.15, -0.1) is 0 Å². The number of aromatic carboxylic acids is 1. The van der Waals surface area contributed by atoms with E-state index in [1.165, 1.54) is 29.9 Å². The smallest absolute Gasteiger partial charge is 0.352 e. The van der Waals surface area contributed by atoms with E-state index in [9.17, 15) is 14.0 Å². The standard InChI is InChI=1S/C14H12FNO4/c1-16-7-13(12(17)6-11(16)14(18)19)20-8-9-3-2-4-10(15)5-9/h2-7H,8H2,1H3,(H,18,19). The molecular weight excluding hydrogens is 265 g/mol. The van der Waals surface area contributed by atoms with Gasteiger partial charge in [0.1, 0.15) is 18.1 Å². The largest absolute Gasteiger partial charge is 0.483 e. The lowest BCUT2D eigenvalue weighted by Crippen LogP contribution is -2.16.